The highest BCUT2D eigenvalue weighted by Gasteiger charge is 2.06. The van der Waals surface area contributed by atoms with Gasteiger partial charge in [0.2, 0.25) is 0 Å². The van der Waals surface area contributed by atoms with Crippen molar-refractivity contribution in [3.8, 4) is 0 Å². The maximum absolute atomic E-state index is 12.1. The molecule has 122 valence electrons. The Morgan fingerprint density at radius 3 is 2.62 bits per heavy atom. The fourth-order valence-corrected chi connectivity index (χ4v) is 2.48. The molecule has 2 amide bonds. The summed E-state index contributed by atoms with van der Waals surface area (Å²) in [6.07, 6.45) is 3.15. The number of urea groups is 1. The molecule has 0 aliphatic rings. The first kappa shape index (κ1) is 16.0. The van der Waals surface area contributed by atoms with Crippen molar-refractivity contribution in [1.29, 1.82) is 0 Å². The summed E-state index contributed by atoms with van der Waals surface area (Å²) in [5, 5.41) is 10.1. The van der Waals surface area contributed by atoms with Gasteiger partial charge in [0, 0.05) is 5.69 Å². The second-order valence-corrected chi connectivity index (χ2v) is 5.76. The summed E-state index contributed by atoms with van der Waals surface area (Å²) < 4.78 is 1.73. The first-order valence-electron chi connectivity index (χ1n) is 7.36. The van der Waals surface area contributed by atoms with Crippen molar-refractivity contribution in [2.75, 3.05) is 10.6 Å². The summed E-state index contributed by atoms with van der Waals surface area (Å²) in [6, 6.07) is 12.6. The van der Waals surface area contributed by atoms with Crippen molar-refractivity contribution in [1.82, 2.24) is 14.8 Å². The summed E-state index contributed by atoms with van der Waals surface area (Å²) in [4.78, 5) is 16.0. The third kappa shape index (κ3) is 4.11. The Bertz CT molecular complexity index is 831. The number of rotatable bonds is 4. The molecule has 3 rings (SSSR count). The lowest BCUT2D eigenvalue weighted by Crippen LogP contribution is -2.19. The fraction of sp³-hybridized carbons (Fsp3) is 0.118. The maximum atomic E-state index is 12.1. The third-order valence-corrected chi connectivity index (χ3v) is 3.71. The molecule has 1 aromatic heterocycles. The van der Waals surface area contributed by atoms with Crippen LogP contribution < -0.4 is 10.6 Å². The van der Waals surface area contributed by atoms with E-state index in [0.717, 1.165) is 11.1 Å². The minimum absolute atomic E-state index is 0.343. The number of aromatic nitrogens is 3. The molecule has 0 radical (unpaired) electrons. The molecule has 7 heteroatoms. The van der Waals surface area contributed by atoms with Crippen molar-refractivity contribution in [3.05, 3.63) is 71.3 Å². The molecular weight excluding hydrogens is 326 g/mol. The van der Waals surface area contributed by atoms with E-state index < -0.39 is 0 Å². The Morgan fingerprint density at radius 2 is 1.96 bits per heavy atom. The lowest BCUT2D eigenvalue weighted by molar-refractivity contribution is 0.262. The van der Waals surface area contributed by atoms with E-state index in [2.05, 4.69) is 20.7 Å². The lowest BCUT2D eigenvalue weighted by atomic mass is 10.2. The zero-order chi connectivity index (χ0) is 16.9. The van der Waals surface area contributed by atoms with E-state index in [1.54, 1.807) is 23.1 Å². The third-order valence-electron chi connectivity index (χ3n) is 3.40. The van der Waals surface area contributed by atoms with Gasteiger partial charge in [0.05, 0.1) is 17.3 Å². The lowest BCUT2D eigenvalue weighted by Gasteiger charge is -2.10. The molecule has 0 spiro atoms. The van der Waals surface area contributed by atoms with Crippen LogP contribution in [0, 0.1) is 6.92 Å². The minimum Gasteiger partial charge on any atom is -0.308 e. The number of nitrogens with one attached hydrogen (secondary N) is 2. The van der Waals surface area contributed by atoms with Crippen molar-refractivity contribution in [3.63, 3.8) is 0 Å². The first-order chi connectivity index (χ1) is 11.6. The molecule has 0 bridgehead atoms. The zero-order valence-electron chi connectivity index (χ0n) is 13.0. The van der Waals surface area contributed by atoms with Crippen LogP contribution in [-0.2, 0) is 6.54 Å². The van der Waals surface area contributed by atoms with Crippen molar-refractivity contribution in [2.45, 2.75) is 13.5 Å². The van der Waals surface area contributed by atoms with E-state index in [4.69, 9.17) is 11.6 Å². The molecule has 0 atom stereocenters. The van der Waals surface area contributed by atoms with E-state index in [1.807, 2.05) is 37.3 Å². The molecule has 2 aromatic carbocycles. The van der Waals surface area contributed by atoms with Gasteiger partial charge >= 0.3 is 6.03 Å². The number of nitrogens with zero attached hydrogens (tertiary/aromatic N) is 3. The van der Waals surface area contributed by atoms with Gasteiger partial charge in [-0.15, -0.1) is 0 Å². The summed E-state index contributed by atoms with van der Waals surface area (Å²) in [5.41, 5.74) is 3.36. The molecule has 2 N–H and O–H groups in total. The number of hydrogen-bond acceptors (Lipinski definition) is 3. The summed E-state index contributed by atoms with van der Waals surface area (Å²) in [6.45, 7) is 2.57. The number of halogens is 1. The normalized spacial score (nSPS) is 10.4. The maximum Gasteiger partial charge on any atom is 0.323 e. The quantitative estimate of drug-likeness (QED) is 0.755. The summed E-state index contributed by atoms with van der Waals surface area (Å²) >= 11 is 6.11. The van der Waals surface area contributed by atoms with Crippen LogP contribution in [0.15, 0.2) is 55.1 Å². The molecule has 1 heterocycles. The van der Waals surface area contributed by atoms with Crippen LogP contribution in [0.5, 0.6) is 0 Å². The molecule has 0 saturated heterocycles. The Labute approximate surface area is 144 Å². The van der Waals surface area contributed by atoms with Gasteiger partial charge in [-0.2, -0.15) is 5.10 Å². The van der Waals surface area contributed by atoms with E-state index in [1.165, 1.54) is 6.33 Å². The van der Waals surface area contributed by atoms with Crippen LogP contribution >= 0.6 is 11.6 Å². The summed E-state index contributed by atoms with van der Waals surface area (Å²) in [7, 11) is 0. The highest BCUT2D eigenvalue weighted by Crippen LogP contribution is 2.23. The van der Waals surface area contributed by atoms with Crippen molar-refractivity contribution < 1.29 is 4.79 Å². The van der Waals surface area contributed by atoms with Gasteiger partial charge in [0.25, 0.3) is 0 Å². The molecule has 0 unspecified atom stereocenters. The van der Waals surface area contributed by atoms with Crippen LogP contribution in [0.25, 0.3) is 0 Å². The predicted molar refractivity (Wildman–Crippen MR) is 94.4 cm³/mol. The fourth-order valence-electron chi connectivity index (χ4n) is 2.20. The molecular formula is C17H16ClN5O. The van der Waals surface area contributed by atoms with Crippen LogP contribution in [-0.4, -0.2) is 20.8 Å². The molecule has 0 saturated carbocycles. The van der Waals surface area contributed by atoms with Gasteiger partial charge in [-0.25, -0.2) is 14.5 Å². The van der Waals surface area contributed by atoms with Gasteiger partial charge < -0.3 is 10.6 Å². The Kier molecular flexibility index (Phi) is 4.77. The molecule has 0 fully saturated rings. The second-order valence-electron chi connectivity index (χ2n) is 5.35. The van der Waals surface area contributed by atoms with E-state index in [9.17, 15) is 4.79 Å². The minimum atomic E-state index is -0.343. The van der Waals surface area contributed by atoms with Gasteiger partial charge in [0.15, 0.2) is 0 Å². The number of carbonyl (C=O) groups is 1. The highest BCUT2D eigenvalue weighted by atomic mass is 35.5. The number of amides is 2. The zero-order valence-corrected chi connectivity index (χ0v) is 13.8. The van der Waals surface area contributed by atoms with Crippen LogP contribution in [0.2, 0.25) is 5.02 Å². The SMILES string of the molecule is Cc1ccc(NC(=O)Nc2ccc(Cn3cncn3)cc2)c(Cl)c1. The predicted octanol–water partition coefficient (Wildman–Crippen LogP) is 3.93. The van der Waals surface area contributed by atoms with Crippen molar-refractivity contribution in [2.24, 2.45) is 0 Å². The Balaban J connectivity index is 1.60. The number of benzene rings is 2. The standard InChI is InChI=1S/C17H16ClN5O/c1-12-2-7-16(15(18)8-12)22-17(24)21-14-5-3-13(4-6-14)9-23-11-19-10-20-23/h2-8,10-11H,9H2,1H3,(H2,21,22,24). The van der Waals surface area contributed by atoms with E-state index >= 15 is 0 Å². The number of carbonyl (C=O) groups excluding carboxylic acids is 1. The van der Waals surface area contributed by atoms with E-state index in [-0.39, 0.29) is 6.03 Å². The smallest absolute Gasteiger partial charge is 0.308 e. The average molecular weight is 342 g/mol. The molecule has 24 heavy (non-hydrogen) atoms. The van der Waals surface area contributed by atoms with Crippen LogP contribution in [0.3, 0.4) is 0 Å². The van der Waals surface area contributed by atoms with Crippen LogP contribution in [0.4, 0.5) is 16.2 Å². The monoisotopic (exact) mass is 341 g/mol. The summed E-state index contributed by atoms with van der Waals surface area (Å²) in [5.74, 6) is 0. The van der Waals surface area contributed by atoms with Gasteiger partial charge in [-0.3, -0.25) is 0 Å². The van der Waals surface area contributed by atoms with Gasteiger partial charge in [-0.1, -0.05) is 29.8 Å². The number of anilines is 2. The molecule has 3 aromatic rings. The Morgan fingerprint density at radius 1 is 1.17 bits per heavy atom. The number of aryl methyl sites for hydroxylation is 1. The molecule has 6 nitrogen and oxygen atoms in total. The topological polar surface area (TPSA) is 71.8 Å². The number of hydrogen-bond donors (Lipinski definition) is 2. The average Bonchev–Trinajstić information content (AvgIpc) is 3.05. The highest BCUT2D eigenvalue weighted by molar-refractivity contribution is 6.33. The Hall–Kier alpha value is -2.86. The molecule has 0 aliphatic heterocycles. The van der Waals surface area contributed by atoms with Crippen LogP contribution in [0.1, 0.15) is 11.1 Å². The van der Waals surface area contributed by atoms with E-state index in [0.29, 0.717) is 22.9 Å². The van der Waals surface area contributed by atoms with Gasteiger partial charge in [-0.05, 0) is 42.3 Å². The molecule has 0 aliphatic carbocycles. The second kappa shape index (κ2) is 7.14. The van der Waals surface area contributed by atoms with Gasteiger partial charge in [0.1, 0.15) is 12.7 Å². The first-order valence-corrected chi connectivity index (χ1v) is 7.73. The van der Waals surface area contributed by atoms with Crippen molar-refractivity contribution >= 4 is 29.0 Å². The largest absolute Gasteiger partial charge is 0.323 e.